The van der Waals surface area contributed by atoms with Crippen LogP contribution in [-0.4, -0.2) is 49.1 Å². The van der Waals surface area contributed by atoms with E-state index >= 15 is 0 Å². The van der Waals surface area contributed by atoms with Crippen molar-refractivity contribution >= 4 is 18.6 Å². The highest BCUT2D eigenvalue weighted by Gasteiger charge is 2.68. The highest BCUT2D eigenvalue weighted by atomic mass is 19.3. The normalized spacial score (nSPS) is 36.1. The Morgan fingerprint density at radius 2 is 1.68 bits per heavy atom. The van der Waals surface area contributed by atoms with E-state index in [1.54, 1.807) is 7.05 Å². The van der Waals surface area contributed by atoms with Crippen LogP contribution in [-0.2, 0) is 18.9 Å². The van der Waals surface area contributed by atoms with E-state index in [0.29, 0.717) is 0 Å². The molecule has 5 nitrogen and oxygen atoms in total. The number of rotatable bonds is 4. The van der Waals surface area contributed by atoms with Gasteiger partial charge in [-0.2, -0.15) is 0 Å². The monoisotopic (exact) mass is 317 g/mol. The van der Waals surface area contributed by atoms with Crippen LogP contribution in [0.25, 0.3) is 0 Å². The van der Waals surface area contributed by atoms with Crippen molar-refractivity contribution in [1.82, 2.24) is 0 Å². The Bertz CT molecular complexity index is 473. The Morgan fingerprint density at radius 1 is 1.14 bits per heavy atom. The van der Waals surface area contributed by atoms with E-state index < -0.39 is 30.9 Å². The summed E-state index contributed by atoms with van der Waals surface area (Å²) in [5.74, 6) is -4.12. The highest BCUT2D eigenvalue weighted by molar-refractivity contribution is 6.66. The summed E-state index contributed by atoms with van der Waals surface area (Å²) in [4.78, 5) is 23.2. The molecular formula is C14H22BF2NO4. The zero-order valence-corrected chi connectivity index (χ0v) is 12.9. The molecule has 0 bridgehead atoms. The minimum atomic E-state index is -2.99. The number of halogens is 2. The standard InChI is InChI=1S/C14H22BF2NO4/c1-18-8-12(19)21-15(18,22-13(20)9-18)10-14(16,17)7-11-5-3-2-4-6-11/h11H,2-10H2,1H3. The van der Waals surface area contributed by atoms with Crippen molar-refractivity contribution in [2.24, 2.45) is 5.92 Å². The van der Waals surface area contributed by atoms with Gasteiger partial charge in [0.25, 0.3) is 0 Å². The average molecular weight is 317 g/mol. The first-order chi connectivity index (χ1) is 10.2. The number of nitrogens with zero attached hydrogens (tertiary/aromatic N) is 1. The quantitative estimate of drug-likeness (QED) is 0.745. The number of alkyl halides is 2. The molecule has 2 aliphatic heterocycles. The molecule has 22 heavy (non-hydrogen) atoms. The van der Waals surface area contributed by atoms with E-state index in [9.17, 15) is 18.4 Å². The van der Waals surface area contributed by atoms with Gasteiger partial charge < -0.3 is 13.7 Å². The van der Waals surface area contributed by atoms with E-state index in [1.165, 1.54) is 0 Å². The van der Waals surface area contributed by atoms with E-state index in [4.69, 9.17) is 9.31 Å². The first-order valence-electron chi connectivity index (χ1n) is 8.05. The average Bonchev–Trinajstić information content (AvgIpc) is 2.71. The minimum absolute atomic E-state index is 0.00363. The van der Waals surface area contributed by atoms with Crippen molar-refractivity contribution in [1.29, 1.82) is 0 Å². The van der Waals surface area contributed by atoms with Crippen molar-refractivity contribution in [2.75, 3.05) is 20.1 Å². The second-order valence-corrected chi connectivity index (χ2v) is 7.37. The lowest BCUT2D eigenvalue weighted by Crippen LogP contribution is -2.62. The first-order valence-corrected chi connectivity index (χ1v) is 8.05. The SMILES string of the molecule is C[N+]12CC(=O)O[B-]1(CC(F)(F)CC1CCCCC1)OC(=O)C2. The topological polar surface area (TPSA) is 52.6 Å². The third-order valence-electron chi connectivity index (χ3n) is 5.43. The molecule has 1 aliphatic carbocycles. The fourth-order valence-electron chi connectivity index (χ4n) is 4.27. The van der Waals surface area contributed by atoms with Crippen LogP contribution in [0.1, 0.15) is 38.5 Å². The van der Waals surface area contributed by atoms with E-state index in [-0.39, 0.29) is 29.8 Å². The second-order valence-electron chi connectivity index (χ2n) is 7.37. The molecule has 3 aliphatic rings. The van der Waals surface area contributed by atoms with Crippen LogP contribution in [0.4, 0.5) is 8.78 Å². The lowest BCUT2D eigenvalue weighted by molar-refractivity contribution is -0.794. The summed E-state index contributed by atoms with van der Waals surface area (Å²) in [5.41, 5.74) is 0. The summed E-state index contributed by atoms with van der Waals surface area (Å²) >= 11 is 0. The lowest BCUT2D eigenvalue weighted by Gasteiger charge is -2.41. The zero-order chi connectivity index (χ0) is 16.0. The fourth-order valence-corrected chi connectivity index (χ4v) is 4.27. The molecule has 0 unspecified atom stereocenters. The van der Waals surface area contributed by atoms with Gasteiger partial charge >= 0.3 is 18.6 Å². The van der Waals surface area contributed by atoms with Gasteiger partial charge in [0.2, 0.25) is 5.92 Å². The Labute approximate surface area is 128 Å². The number of carbonyl (C=O) groups is 2. The van der Waals surface area contributed by atoms with Gasteiger partial charge in [-0.3, -0.25) is 9.59 Å². The number of likely N-dealkylation sites (N-methyl/N-ethyl adjacent to an activating group) is 1. The van der Waals surface area contributed by atoms with Gasteiger partial charge in [-0.1, -0.05) is 32.1 Å². The molecule has 124 valence electrons. The van der Waals surface area contributed by atoms with Gasteiger partial charge in [0.15, 0.2) is 0 Å². The second kappa shape index (κ2) is 5.18. The maximum atomic E-state index is 14.5. The number of quaternary nitrogens is 1. The fraction of sp³-hybridized carbons (Fsp3) is 0.857. The van der Waals surface area contributed by atoms with Gasteiger partial charge in [-0.15, -0.1) is 0 Å². The van der Waals surface area contributed by atoms with Crippen LogP contribution >= 0.6 is 0 Å². The zero-order valence-electron chi connectivity index (χ0n) is 12.9. The molecule has 1 saturated carbocycles. The summed E-state index contributed by atoms with van der Waals surface area (Å²) < 4.78 is 39.2. The van der Waals surface area contributed by atoms with Crippen LogP contribution in [0.15, 0.2) is 0 Å². The predicted octanol–water partition coefficient (Wildman–Crippen LogP) is 2.09. The summed E-state index contributed by atoms with van der Waals surface area (Å²) in [5, 5.41) is 0. The Morgan fingerprint density at radius 3 is 2.23 bits per heavy atom. The number of carbonyl (C=O) groups excluding carboxylic acids is 2. The molecule has 0 aromatic rings. The van der Waals surface area contributed by atoms with Gasteiger partial charge in [0.05, 0.1) is 0 Å². The molecule has 0 radical (unpaired) electrons. The van der Waals surface area contributed by atoms with E-state index in [2.05, 4.69) is 0 Å². The smallest absolute Gasteiger partial charge is 0.589 e. The molecule has 0 aromatic carbocycles. The van der Waals surface area contributed by atoms with Gasteiger partial charge in [0, 0.05) is 19.8 Å². The maximum absolute atomic E-state index is 14.5. The van der Waals surface area contributed by atoms with Crippen molar-refractivity contribution in [2.45, 2.75) is 50.8 Å². The molecule has 3 fully saturated rings. The molecule has 8 heteroatoms. The van der Waals surface area contributed by atoms with Crippen molar-refractivity contribution in [3.63, 3.8) is 0 Å². The lowest BCUT2D eigenvalue weighted by atomic mass is 9.61. The van der Waals surface area contributed by atoms with Crippen LogP contribution < -0.4 is 0 Å². The van der Waals surface area contributed by atoms with Crippen molar-refractivity contribution in [3.8, 4) is 0 Å². The van der Waals surface area contributed by atoms with E-state index in [1.807, 2.05) is 0 Å². The van der Waals surface area contributed by atoms with Gasteiger partial charge in [-0.05, 0) is 5.92 Å². The molecule has 0 atom stereocenters. The summed E-state index contributed by atoms with van der Waals surface area (Å²) in [7, 11) is 1.59. The predicted molar refractivity (Wildman–Crippen MR) is 74.8 cm³/mol. The van der Waals surface area contributed by atoms with Crippen LogP contribution in [0.3, 0.4) is 0 Å². The Kier molecular flexibility index (Phi) is 3.70. The van der Waals surface area contributed by atoms with Crippen molar-refractivity contribution < 1.29 is 32.1 Å². The molecule has 0 aromatic heterocycles. The van der Waals surface area contributed by atoms with Crippen LogP contribution in [0.5, 0.6) is 0 Å². The Hall–Kier alpha value is -1.18. The number of fused-ring (bicyclic) bond motifs is 1. The van der Waals surface area contributed by atoms with Crippen LogP contribution in [0, 0.1) is 5.92 Å². The third-order valence-corrected chi connectivity index (χ3v) is 5.43. The molecule has 2 heterocycles. The van der Waals surface area contributed by atoms with Crippen LogP contribution in [0.2, 0.25) is 6.32 Å². The Balaban J connectivity index is 1.74. The number of hydrogen-bond acceptors (Lipinski definition) is 4. The molecule has 0 N–H and O–H groups in total. The first kappa shape index (κ1) is 15.7. The van der Waals surface area contributed by atoms with Gasteiger partial charge in [-0.25, -0.2) is 8.78 Å². The van der Waals surface area contributed by atoms with Gasteiger partial charge in [0.1, 0.15) is 13.1 Å². The molecular weight excluding hydrogens is 295 g/mol. The van der Waals surface area contributed by atoms with E-state index in [0.717, 1.165) is 32.1 Å². The third kappa shape index (κ3) is 2.73. The largest absolute Gasteiger partial charge is 0.600 e. The maximum Gasteiger partial charge on any atom is 0.589 e. The molecule has 0 spiro atoms. The number of hydrogen-bond donors (Lipinski definition) is 0. The molecule has 0 amide bonds. The highest BCUT2D eigenvalue weighted by Crippen LogP contribution is 2.44. The molecule has 2 saturated heterocycles. The minimum Gasteiger partial charge on any atom is -0.600 e. The summed E-state index contributed by atoms with van der Waals surface area (Å²) in [6.07, 6.45) is 3.84. The van der Waals surface area contributed by atoms with Crippen molar-refractivity contribution in [3.05, 3.63) is 0 Å². The summed E-state index contributed by atoms with van der Waals surface area (Å²) in [6, 6.07) is 0. The summed E-state index contributed by atoms with van der Waals surface area (Å²) in [6.45, 7) is -2.78. The molecule has 3 rings (SSSR count).